The summed E-state index contributed by atoms with van der Waals surface area (Å²) in [6.45, 7) is 8.78. The van der Waals surface area contributed by atoms with Gasteiger partial charge in [0.1, 0.15) is 5.92 Å². The van der Waals surface area contributed by atoms with Gasteiger partial charge in [0.25, 0.3) is 11.8 Å². The zero-order valence-corrected chi connectivity index (χ0v) is 13.7. The first-order valence-corrected chi connectivity index (χ1v) is 7.79. The van der Waals surface area contributed by atoms with E-state index in [1.807, 2.05) is 27.8 Å². The molecule has 0 spiro atoms. The maximum atomic E-state index is 12.8. The van der Waals surface area contributed by atoms with Crippen molar-refractivity contribution in [1.82, 2.24) is 14.9 Å². The Bertz CT molecular complexity index is 592. The second-order valence-corrected chi connectivity index (χ2v) is 6.47. The number of fused-ring (bicyclic) bond motifs is 1. The number of carbonyl (C=O) groups excluding carboxylic acids is 2. The standard InChI is InChI=1S/C17H23N3O2/c1-11-9-12(2)14(13(3)10-11)15-16(21)19-7-5-18(4)6-8-20(19)17(15)22/h9-10,15H,5-8H2,1-4H3. The van der Waals surface area contributed by atoms with Gasteiger partial charge in [-0.2, -0.15) is 0 Å². The highest BCUT2D eigenvalue weighted by molar-refractivity contribution is 6.10. The minimum atomic E-state index is -0.663. The van der Waals surface area contributed by atoms with Crippen LogP contribution in [0.15, 0.2) is 12.1 Å². The molecule has 1 aromatic carbocycles. The van der Waals surface area contributed by atoms with Crippen LogP contribution in [-0.4, -0.2) is 60.0 Å². The normalized spacial score (nSPS) is 20.5. The fraction of sp³-hybridized carbons (Fsp3) is 0.529. The van der Waals surface area contributed by atoms with Crippen LogP contribution in [0.1, 0.15) is 28.2 Å². The van der Waals surface area contributed by atoms with Crippen LogP contribution in [0.2, 0.25) is 0 Å². The van der Waals surface area contributed by atoms with Gasteiger partial charge in [0.05, 0.1) is 13.1 Å². The topological polar surface area (TPSA) is 43.9 Å². The molecule has 0 N–H and O–H groups in total. The molecule has 2 heterocycles. The summed E-state index contributed by atoms with van der Waals surface area (Å²) in [6, 6.07) is 4.10. The number of hydrogen-bond acceptors (Lipinski definition) is 3. The molecule has 0 bridgehead atoms. The van der Waals surface area contributed by atoms with Crippen LogP contribution in [0.4, 0.5) is 0 Å². The second kappa shape index (κ2) is 5.39. The molecule has 2 aliphatic rings. The third kappa shape index (κ3) is 2.29. The Morgan fingerprint density at radius 3 is 1.77 bits per heavy atom. The molecule has 2 saturated heterocycles. The van der Waals surface area contributed by atoms with Crippen LogP contribution >= 0.6 is 0 Å². The van der Waals surface area contributed by atoms with Gasteiger partial charge in [-0.1, -0.05) is 17.7 Å². The quantitative estimate of drug-likeness (QED) is 0.733. The summed E-state index contributed by atoms with van der Waals surface area (Å²) in [5, 5.41) is 3.30. The zero-order valence-electron chi connectivity index (χ0n) is 13.7. The number of aryl methyl sites for hydroxylation is 3. The van der Waals surface area contributed by atoms with Crippen LogP contribution in [0.5, 0.6) is 0 Å². The molecule has 118 valence electrons. The van der Waals surface area contributed by atoms with Crippen LogP contribution in [0, 0.1) is 20.8 Å². The molecule has 2 fully saturated rings. The van der Waals surface area contributed by atoms with Gasteiger partial charge in [-0.25, -0.2) is 10.0 Å². The minimum absolute atomic E-state index is 0.0737. The summed E-state index contributed by atoms with van der Waals surface area (Å²) in [5.74, 6) is -0.810. The summed E-state index contributed by atoms with van der Waals surface area (Å²) in [5.41, 5.74) is 4.11. The van der Waals surface area contributed by atoms with Crippen molar-refractivity contribution in [3.63, 3.8) is 0 Å². The number of nitrogens with zero attached hydrogens (tertiary/aromatic N) is 3. The van der Waals surface area contributed by atoms with E-state index in [9.17, 15) is 9.59 Å². The van der Waals surface area contributed by atoms with Crippen molar-refractivity contribution in [2.45, 2.75) is 26.7 Å². The van der Waals surface area contributed by atoms with Gasteiger partial charge in [0.2, 0.25) is 0 Å². The molecule has 0 aromatic heterocycles. The molecule has 0 saturated carbocycles. The number of amides is 2. The van der Waals surface area contributed by atoms with Gasteiger partial charge in [-0.05, 0) is 44.5 Å². The molecule has 5 nitrogen and oxygen atoms in total. The summed E-state index contributed by atoms with van der Waals surface area (Å²) in [7, 11) is 2.02. The van der Waals surface area contributed by atoms with Crippen LogP contribution in [0.25, 0.3) is 0 Å². The molecule has 1 aromatic rings. The Morgan fingerprint density at radius 2 is 1.32 bits per heavy atom. The highest BCUT2D eigenvalue weighted by Crippen LogP contribution is 2.34. The smallest absolute Gasteiger partial charge is 0.258 e. The van der Waals surface area contributed by atoms with E-state index < -0.39 is 5.92 Å². The highest BCUT2D eigenvalue weighted by atomic mass is 16.2. The van der Waals surface area contributed by atoms with E-state index in [0.29, 0.717) is 13.1 Å². The first-order valence-electron chi connectivity index (χ1n) is 7.79. The second-order valence-electron chi connectivity index (χ2n) is 6.47. The number of benzene rings is 1. The summed E-state index contributed by atoms with van der Waals surface area (Å²) >= 11 is 0. The monoisotopic (exact) mass is 301 g/mol. The summed E-state index contributed by atoms with van der Waals surface area (Å²) in [6.07, 6.45) is 0. The van der Waals surface area contributed by atoms with Gasteiger partial charge in [-0.15, -0.1) is 0 Å². The number of hydrazine groups is 1. The van der Waals surface area contributed by atoms with Gasteiger partial charge < -0.3 is 4.90 Å². The Labute approximate surface area is 131 Å². The Balaban J connectivity index is 2.00. The lowest BCUT2D eigenvalue weighted by Crippen LogP contribution is -2.41. The third-order valence-electron chi connectivity index (χ3n) is 4.71. The fourth-order valence-corrected chi connectivity index (χ4v) is 3.64. The Morgan fingerprint density at radius 1 is 0.864 bits per heavy atom. The average molecular weight is 301 g/mol. The lowest BCUT2D eigenvalue weighted by atomic mass is 9.89. The minimum Gasteiger partial charge on any atom is -0.303 e. The van der Waals surface area contributed by atoms with Crippen molar-refractivity contribution in [1.29, 1.82) is 0 Å². The van der Waals surface area contributed by atoms with Crippen LogP contribution in [-0.2, 0) is 9.59 Å². The predicted molar refractivity (Wildman–Crippen MR) is 84.3 cm³/mol. The summed E-state index contributed by atoms with van der Waals surface area (Å²) < 4.78 is 0. The van der Waals surface area contributed by atoms with Crippen molar-refractivity contribution < 1.29 is 9.59 Å². The van der Waals surface area contributed by atoms with E-state index in [0.717, 1.165) is 35.3 Å². The lowest BCUT2D eigenvalue weighted by Gasteiger charge is -2.24. The zero-order chi connectivity index (χ0) is 16.0. The predicted octanol–water partition coefficient (Wildman–Crippen LogP) is 1.23. The Kier molecular flexibility index (Phi) is 3.68. The molecular formula is C17H23N3O2. The third-order valence-corrected chi connectivity index (χ3v) is 4.71. The molecule has 0 aliphatic carbocycles. The SMILES string of the molecule is Cc1cc(C)c(C2C(=O)N3CCN(C)CCN3C2=O)c(C)c1. The average Bonchev–Trinajstić information content (AvgIpc) is 2.59. The van der Waals surface area contributed by atoms with E-state index in [1.165, 1.54) is 0 Å². The van der Waals surface area contributed by atoms with E-state index >= 15 is 0 Å². The van der Waals surface area contributed by atoms with Crippen molar-refractivity contribution in [2.75, 3.05) is 33.2 Å². The molecule has 2 aliphatic heterocycles. The largest absolute Gasteiger partial charge is 0.303 e. The summed E-state index contributed by atoms with van der Waals surface area (Å²) in [4.78, 5) is 27.8. The number of rotatable bonds is 1. The van der Waals surface area contributed by atoms with E-state index in [-0.39, 0.29) is 11.8 Å². The molecule has 0 atom stereocenters. The van der Waals surface area contributed by atoms with Gasteiger partial charge in [-0.3, -0.25) is 9.59 Å². The van der Waals surface area contributed by atoms with E-state index in [4.69, 9.17) is 0 Å². The molecule has 0 radical (unpaired) electrons. The molecule has 0 unspecified atom stereocenters. The maximum Gasteiger partial charge on any atom is 0.258 e. The first kappa shape index (κ1) is 15.0. The van der Waals surface area contributed by atoms with Gasteiger partial charge in [0, 0.05) is 13.1 Å². The lowest BCUT2D eigenvalue weighted by molar-refractivity contribution is -0.145. The molecule has 2 amide bonds. The number of hydrogen-bond donors (Lipinski definition) is 0. The van der Waals surface area contributed by atoms with Crippen LogP contribution in [0.3, 0.4) is 0 Å². The first-order chi connectivity index (χ1) is 10.4. The highest BCUT2D eigenvalue weighted by Gasteiger charge is 2.47. The van der Waals surface area contributed by atoms with Gasteiger partial charge >= 0.3 is 0 Å². The van der Waals surface area contributed by atoms with Crippen molar-refractivity contribution in [3.8, 4) is 0 Å². The fourth-order valence-electron chi connectivity index (χ4n) is 3.64. The number of carbonyl (C=O) groups is 2. The van der Waals surface area contributed by atoms with E-state index in [2.05, 4.69) is 17.0 Å². The van der Waals surface area contributed by atoms with Crippen molar-refractivity contribution >= 4 is 11.8 Å². The maximum absolute atomic E-state index is 12.8. The molecule has 3 rings (SSSR count). The van der Waals surface area contributed by atoms with E-state index in [1.54, 1.807) is 10.0 Å². The molecular weight excluding hydrogens is 278 g/mol. The van der Waals surface area contributed by atoms with Gasteiger partial charge in [0.15, 0.2) is 0 Å². The van der Waals surface area contributed by atoms with Crippen molar-refractivity contribution in [2.24, 2.45) is 0 Å². The Hall–Kier alpha value is -1.88. The molecule has 22 heavy (non-hydrogen) atoms. The van der Waals surface area contributed by atoms with Crippen LogP contribution < -0.4 is 0 Å². The number of likely N-dealkylation sites (N-methyl/N-ethyl adjacent to an activating group) is 1. The molecule has 5 heteroatoms. The van der Waals surface area contributed by atoms with Crippen molar-refractivity contribution in [3.05, 3.63) is 34.4 Å².